The van der Waals surface area contributed by atoms with E-state index in [1.165, 1.54) is 6.07 Å². The Morgan fingerprint density at radius 3 is 2.75 bits per heavy atom. The van der Waals surface area contributed by atoms with Gasteiger partial charge in [-0.3, -0.25) is 10.1 Å². The quantitative estimate of drug-likeness (QED) is 0.654. The zero-order chi connectivity index (χ0) is 14.7. The Labute approximate surface area is 111 Å². The predicted molar refractivity (Wildman–Crippen MR) is 66.8 cm³/mol. The van der Waals surface area contributed by atoms with E-state index in [4.69, 9.17) is 5.73 Å². The van der Waals surface area contributed by atoms with E-state index in [-0.39, 0.29) is 24.0 Å². The SMILES string of the molecule is Nc1ncc([N+](=O)[O-])c(NCc2ccc(F)c(F)c2)n1. The fourth-order valence-corrected chi connectivity index (χ4v) is 1.49. The lowest BCUT2D eigenvalue weighted by Gasteiger charge is -2.06. The molecule has 104 valence electrons. The molecule has 2 rings (SSSR count). The molecule has 2 aromatic rings. The second kappa shape index (κ2) is 5.43. The third-order valence-electron chi connectivity index (χ3n) is 2.43. The number of aromatic nitrogens is 2. The average Bonchev–Trinajstić information content (AvgIpc) is 2.40. The minimum Gasteiger partial charge on any atom is -0.368 e. The third-order valence-corrected chi connectivity index (χ3v) is 2.43. The van der Waals surface area contributed by atoms with E-state index in [1.54, 1.807) is 0 Å². The van der Waals surface area contributed by atoms with Gasteiger partial charge in [0.15, 0.2) is 11.6 Å². The van der Waals surface area contributed by atoms with Gasteiger partial charge >= 0.3 is 5.69 Å². The third kappa shape index (κ3) is 2.94. The van der Waals surface area contributed by atoms with Crippen molar-refractivity contribution in [2.75, 3.05) is 11.1 Å². The fourth-order valence-electron chi connectivity index (χ4n) is 1.49. The molecule has 0 radical (unpaired) electrons. The van der Waals surface area contributed by atoms with Gasteiger partial charge in [0.05, 0.1) is 4.92 Å². The van der Waals surface area contributed by atoms with E-state index < -0.39 is 16.6 Å². The number of nitrogen functional groups attached to an aromatic ring is 1. The molecule has 0 aliphatic carbocycles. The summed E-state index contributed by atoms with van der Waals surface area (Å²) in [5.74, 6) is -2.19. The first-order valence-corrected chi connectivity index (χ1v) is 5.42. The normalized spacial score (nSPS) is 10.3. The number of nitro groups is 1. The Kier molecular flexibility index (Phi) is 3.69. The fraction of sp³-hybridized carbons (Fsp3) is 0.0909. The smallest absolute Gasteiger partial charge is 0.329 e. The standard InChI is InChI=1S/C11H9F2N5O2/c12-7-2-1-6(3-8(7)13)4-15-10-9(18(19)20)5-16-11(14)17-10/h1-3,5H,4H2,(H3,14,15,16,17). The average molecular weight is 281 g/mol. The maximum Gasteiger partial charge on any atom is 0.329 e. The van der Waals surface area contributed by atoms with Crippen molar-refractivity contribution in [3.63, 3.8) is 0 Å². The van der Waals surface area contributed by atoms with E-state index >= 15 is 0 Å². The largest absolute Gasteiger partial charge is 0.368 e. The van der Waals surface area contributed by atoms with E-state index in [9.17, 15) is 18.9 Å². The van der Waals surface area contributed by atoms with Crippen LogP contribution in [0.4, 0.5) is 26.2 Å². The molecule has 0 spiro atoms. The van der Waals surface area contributed by atoms with Crippen molar-refractivity contribution in [3.8, 4) is 0 Å². The van der Waals surface area contributed by atoms with Gasteiger partial charge in [0.25, 0.3) is 0 Å². The van der Waals surface area contributed by atoms with Crippen molar-refractivity contribution in [1.82, 2.24) is 9.97 Å². The molecule has 0 fully saturated rings. The summed E-state index contributed by atoms with van der Waals surface area (Å²) < 4.78 is 25.8. The summed E-state index contributed by atoms with van der Waals surface area (Å²) in [6.45, 7) is 0.0223. The molecule has 0 aliphatic rings. The number of benzene rings is 1. The zero-order valence-electron chi connectivity index (χ0n) is 10.0. The summed E-state index contributed by atoms with van der Waals surface area (Å²) in [4.78, 5) is 17.3. The van der Waals surface area contributed by atoms with Crippen LogP contribution < -0.4 is 11.1 Å². The molecule has 0 saturated heterocycles. The van der Waals surface area contributed by atoms with Crippen molar-refractivity contribution >= 4 is 17.5 Å². The highest BCUT2D eigenvalue weighted by Crippen LogP contribution is 2.22. The summed E-state index contributed by atoms with van der Waals surface area (Å²) in [5.41, 5.74) is 5.39. The van der Waals surface area contributed by atoms with Crippen LogP contribution in [0.2, 0.25) is 0 Å². The van der Waals surface area contributed by atoms with Crippen molar-refractivity contribution in [2.24, 2.45) is 0 Å². The number of rotatable bonds is 4. The molecule has 7 nitrogen and oxygen atoms in total. The van der Waals surface area contributed by atoms with E-state index in [1.807, 2.05) is 0 Å². The molecule has 0 unspecified atom stereocenters. The lowest BCUT2D eigenvalue weighted by atomic mass is 10.2. The first kappa shape index (κ1) is 13.6. The number of hydrogen-bond donors (Lipinski definition) is 2. The van der Waals surface area contributed by atoms with Gasteiger partial charge in [0, 0.05) is 6.54 Å². The Morgan fingerprint density at radius 2 is 2.10 bits per heavy atom. The van der Waals surface area contributed by atoms with Crippen LogP contribution in [0, 0.1) is 21.7 Å². The van der Waals surface area contributed by atoms with Gasteiger partial charge < -0.3 is 11.1 Å². The molecule has 1 aromatic carbocycles. The number of nitrogens with two attached hydrogens (primary N) is 1. The molecule has 0 aliphatic heterocycles. The topological polar surface area (TPSA) is 107 Å². The molecule has 0 amide bonds. The first-order chi connectivity index (χ1) is 9.47. The number of hydrogen-bond acceptors (Lipinski definition) is 6. The second-order valence-corrected chi connectivity index (χ2v) is 3.82. The molecule has 20 heavy (non-hydrogen) atoms. The monoisotopic (exact) mass is 281 g/mol. The Hall–Kier alpha value is -2.84. The predicted octanol–water partition coefficient (Wildman–Crippen LogP) is 1.86. The van der Waals surface area contributed by atoms with Crippen LogP contribution in [0.5, 0.6) is 0 Å². The van der Waals surface area contributed by atoms with E-state index in [0.717, 1.165) is 18.3 Å². The van der Waals surface area contributed by atoms with Gasteiger partial charge in [0.2, 0.25) is 11.8 Å². The molecular formula is C11H9F2N5O2. The molecule has 0 saturated carbocycles. The van der Waals surface area contributed by atoms with Gasteiger partial charge in [-0.05, 0) is 17.7 Å². The maximum absolute atomic E-state index is 13.0. The summed E-state index contributed by atoms with van der Waals surface area (Å²) in [7, 11) is 0. The summed E-state index contributed by atoms with van der Waals surface area (Å²) in [6, 6.07) is 3.30. The van der Waals surface area contributed by atoms with Crippen LogP contribution in [0.25, 0.3) is 0 Å². The zero-order valence-corrected chi connectivity index (χ0v) is 10.0. The summed E-state index contributed by atoms with van der Waals surface area (Å²) >= 11 is 0. The summed E-state index contributed by atoms with van der Waals surface area (Å²) in [6.07, 6.45) is 0.968. The van der Waals surface area contributed by atoms with Gasteiger partial charge in [0.1, 0.15) is 6.20 Å². The number of anilines is 2. The van der Waals surface area contributed by atoms with Crippen molar-refractivity contribution in [1.29, 1.82) is 0 Å². The molecule has 0 atom stereocenters. The Balaban J connectivity index is 2.20. The van der Waals surface area contributed by atoms with Gasteiger partial charge in [-0.1, -0.05) is 6.07 Å². The molecule has 1 heterocycles. The molecule has 1 aromatic heterocycles. The Morgan fingerprint density at radius 1 is 1.35 bits per heavy atom. The molecule has 0 bridgehead atoms. The highest BCUT2D eigenvalue weighted by atomic mass is 19.2. The minimum atomic E-state index is -0.999. The Bertz CT molecular complexity index is 665. The maximum atomic E-state index is 13.0. The van der Waals surface area contributed by atoms with Crippen LogP contribution in [-0.4, -0.2) is 14.9 Å². The van der Waals surface area contributed by atoms with Crippen LogP contribution in [-0.2, 0) is 6.54 Å². The number of halogens is 2. The van der Waals surface area contributed by atoms with Crippen LogP contribution in [0.1, 0.15) is 5.56 Å². The molecule has 9 heteroatoms. The first-order valence-electron chi connectivity index (χ1n) is 5.42. The van der Waals surface area contributed by atoms with Crippen LogP contribution >= 0.6 is 0 Å². The van der Waals surface area contributed by atoms with Crippen LogP contribution in [0.3, 0.4) is 0 Å². The van der Waals surface area contributed by atoms with E-state index in [2.05, 4.69) is 15.3 Å². The van der Waals surface area contributed by atoms with Crippen molar-refractivity contribution in [3.05, 3.63) is 51.7 Å². The highest BCUT2D eigenvalue weighted by molar-refractivity contribution is 5.56. The molecule has 3 N–H and O–H groups in total. The number of nitrogens with one attached hydrogen (secondary N) is 1. The van der Waals surface area contributed by atoms with Crippen LogP contribution in [0.15, 0.2) is 24.4 Å². The number of nitrogens with zero attached hydrogens (tertiary/aromatic N) is 3. The van der Waals surface area contributed by atoms with Gasteiger partial charge in [-0.2, -0.15) is 4.98 Å². The van der Waals surface area contributed by atoms with Crippen molar-refractivity contribution in [2.45, 2.75) is 6.54 Å². The highest BCUT2D eigenvalue weighted by Gasteiger charge is 2.16. The minimum absolute atomic E-state index is 0.0223. The second-order valence-electron chi connectivity index (χ2n) is 3.82. The van der Waals surface area contributed by atoms with Gasteiger partial charge in [-0.25, -0.2) is 13.8 Å². The lowest BCUT2D eigenvalue weighted by molar-refractivity contribution is -0.384. The van der Waals surface area contributed by atoms with Crippen molar-refractivity contribution < 1.29 is 13.7 Å². The van der Waals surface area contributed by atoms with Gasteiger partial charge in [-0.15, -0.1) is 0 Å². The summed E-state index contributed by atoms with van der Waals surface area (Å²) in [5, 5.41) is 13.4. The molecular weight excluding hydrogens is 272 g/mol. The van der Waals surface area contributed by atoms with E-state index in [0.29, 0.717) is 5.56 Å². The lowest BCUT2D eigenvalue weighted by Crippen LogP contribution is -2.07.